The van der Waals surface area contributed by atoms with Crippen LogP contribution in [0, 0.1) is 0 Å². The fourth-order valence-corrected chi connectivity index (χ4v) is 2.51. The molecule has 0 aliphatic rings. The maximum atomic E-state index is 11.5. The van der Waals surface area contributed by atoms with Gasteiger partial charge in [0.25, 0.3) is 0 Å². The minimum absolute atomic E-state index is 0.183. The Balaban J connectivity index is 2.59. The van der Waals surface area contributed by atoms with E-state index in [0.29, 0.717) is 13.0 Å². The molecule has 0 aliphatic heterocycles. The van der Waals surface area contributed by atoms with E-state index in [1.807, 2.05) is 50.2 Å². The van der Waals surface area contributed by atoms with Crippen molar-refractivity contribution in [3.05, 3.63) is 29.8 Å². The summed E-state index contributed by atoms with van der Waals surface area (Å²) in [4.78, 5) is 2.00. The lowest BCUT2D eigenvalue weighted by atomic mass is 10.2. The molecular weight excluding hydrogens is 236 g/mol. The van der Waals surface area contributed by atoms with Crippen LogP contribution >= 0.6 is 0 Å². The van der Waals surface area contributed by atoms with Crippen molar-refractivity contribution in [2.24, 2.45) is 0 Å². The molecule has 0 radical (unpaired) electrons. The molecule has 0 heterocycles. The first kappa shape index (κ1) is 14.0. The van der Waals surface area contributed by atoms with Gasteiger partial charge in [0.05, 0.1) is 5.75 Å². The average molecular weight is 256 g/mol. The Hall–Kier alpha value is -1.07. The highest BCUT2D eigenvalue weighted by atomic mass is 32.2. The van der Waals surface area contributed by atoms with Crippen LogP contribution in [-0.4, -0.2) is 28.3 Å². The molecule has 0 aliphatic carbocycles. The van der Waals surface area contributed by atoms with Crippen molar-refractivity contribution in [1.29, 1.82) is 0 Å². The molecule has 4 nitrogen and oxygen atoms in total. The highest BCUT2D eigenvalue weighted by molar-refractivity contribution is 7.89. The molecule has 0 bridgehead atoms. The van der Waals surface area contributed by atoms with Crippen LogP contribution in [0.5, 0.6) is 0 Å². The van der Waals surface area contributed by atoms with E-state index < -0.39 is 10.0 Å². The molecule has 0 amide bonds. The number of nitrogens with one attached hydrogen (secondary N) is 1. The fourth-order valence-electron chi connectivity index (χ4n) is 1.45. The minimum Gasteiger partial charge on any atom is -0.378 e. The summed E-state index contributed by atoms with van der Waals surface area (Å²) in [6.07, 6.45) is 0.634. The van der Waals surface area contributed by atoms with Crippen LogP contribution in [0.4, 0.5) is 5.69 Å². The number of anilines is 1. The summed E-state index contributed by atoms with van der Waals surface area (Å²) < 4.78 is 25.5. The molecule has 0 saturated heterocycles. The maximum absolute atomic E-state index is 11.5. The Bertz CT molecular complexity index is 438. The molecule has 1 rings (SSSR count). The largest absolute Gasteiger partial charge is 0.378 e. The van der Waals surface area contributed by atoms with Crippen LogP contribution in [0.15, 0.2) is 24.3 Å². The summed E-state index contributed by atoms with van der Waals surface area (Å²) in [5.41, 5.74) is 2.07. The van der Waals surface area contributed by atoms with Gasteiger partial charge in [-0.2, -0.15) is 0 Å². The Morgan fingerprint density at radius 2 is 1.76 bits per heavy atom. The van der Waals surface area contributed by atoms with Crippen molar-refractivity contribution < 1.29 is 8.42 Å². The van der Waals surface area contributed by atoms with Gasteiger partial charge in [-0.1, -0.05) is 19.1 Å². The van der Waals surface area contributed by atoms with Crippen LogP contribution in [-0.2, 0) is 16.6 Å². The van der Waals surface area contributed by atoms with Gasteiger partial charge >= 0.3 is 0 Å². The number of sulfonamides is 1. The molecule has 0 saturated carbocycles. The van der Waals surface area contributed by atoms with E-state index in [0.717, 1.165) is 11.3 Å². The van der Waals surface area contributed by atoms with Gasteiger partial charge in [0.2, 0.25) is 10.0 Å². The first-order valence-corrected chi connectivity index (χ1v) is 7.33. The maximum Gasteiger partial charge on any atom is 0.211 e. The molecule has 96 valence electrons. The fraction of sp³-hybridized carbons (Fsp3) is 0.500. The molecule has 1 aromatic rings. The third kappa shape index (κ3) is 4.75. The van der Waals surface area contributed by atoms with E-state index in [2.05, 4.69) is 4.72 Å². The lowest BCUT2D eigenvalue weighted by Crippen LogP contribution is -2.25. The number of benzene rings is 1. The van der Waals surface area contributed by atoms with Gasteiger partial charge in [-0.15, -0.1) is 0 Å². The molecule has 0 aromatic heterocycles. The van der Waals surface area contributed by atoms with E-state index in [1.54, 1.807) is 0 Å². The Labute approximate surface area is 104 Å². The van der Waals surface area contributed by atoms with Crippen LogP contribution in [0.3, 0.4) is 0 Å². The Kier molecular flexibility index (Phi) is 4.96. The molecule has 0 unspecified atom stereocenters. The minimum atomic E-state index is -3.12. The van der Waals surface area contributed by atoms with Crippen molar-refractivity contribution >= 4 is 15.7 Å². The standard InChI is InChI=1S/C12H20N2O2S/c1-4-9-17(15,16)13-10-11-5-7-12(8-6-11)14(2)3/h5-8,13H,4,9-10H2,1-3H3. The van der Waals surface area contributed by atoms with Crippen molar-refractivity contribution in [2.45, 2.75) is 19.9 Å². The zero-order valence-corrected chi connectivity index (χ0v) is 11.4. The normalized spacial score (nSPS) is 11.5. The monoisotopic (exact) mass is 256 g/mol. The molecule has 0 fully saturated rings. The molecule has 1 aromatic carbocycles. The van der Waals surface area contributed by atoms with Crippen LogP contribution in [0.2, 0.25) is 0 Å². The van der Waals surface area contributed by atoms with Crippen molar-refractivity contribution in [3.63, 3.8) is 0 Å². The lowest BCUT2D eigenvalue weighted by molar-refractivity contribution is 0.580. The topological polar surface area (TPSA) is 49.4 Å². The molecule has 17 heavy (non-hydrogen) atoms. The average Bonchev–Trinajstić information content (AvgIpc) is 2.27. The number of rotatable bonds is 6. The zero-order valence-electron chi connectivity index (χ0n) is 10.6. The molecule has 0 atom stereocenters. The van der Waals surface area contributed by atoms with E-state index in [-0.39, 0.29) is 5.75 Å². The molecule has 1 N–H and O–H groups in total. The SMILES string of the molecule is CCCS(=O)(=O)NCc1ccc(N(C)C)cc1. The summed E-state index contributed by atoms with van der Waals surface area (Å²) in [7, 11) is 0.826. The summed E-state index contributed by atoms with van der Waals surface area (Å²) in [6, 6.07) is 7.82. The van der Waals surface area contributed by atoms with Crippen molar-refractivity contribution in [1.82, 2.24) is 4.72 Å². The van der Waals surface area contributed by atoms with E-state index in [4.69, 9.17) is 0 Å². The van der Waals surface area contributed by atoms with Crippen LogP contribution in [0.25, 0.3) is 0 Å². The van der Waals surface area contributed by atoms with Gasteiger partial charge in [-0.3, -0.25) is 0 Å². The summed E-state index contributed by atoms with van der Waals surface area (Å²) >= 11 is 0. The van der Waals surface area contributed by atoms with E-state index in [1.165, 1.54) is 0 Å². The first-order valence-electron chi connectivity index (χ1n) is 5.68. The third-order valence-electron chi connectivity index (χ3n) is 2.42. The van der Waals surface area contributed by atoms with Crippen molar-refractivity contribution in [3.8, 4) is 0 Å². The molecule has 0 spiro atoms. The first-order chi connectivity index (χ1) is 7.94. The second-order valence-corrected chi connectivity index (χ2v) is 6.13. The van der Waals surface area contributed by atoms with E-state index >= 15 is 0 Å². The van der Waals surface area contributed by atoms with Gasteiger partial charge in [-0.25, -0.2) is 13.1 Å². The second kappa shape index (κ2) is 6.02. The van der Waals surface area contributed by atoms with Gasteiger partial charge in [0, 0.05) is 26.3 Å². The quantitative estimate of drug-likeness (QED) is 0.840. The summed E-state index contributed by atoms with van der Waals surface area (Å²) in [5, 5.41) is 0. The number of hydrogen-bond donors (Lipinski definition) is 1. The Morgan fingerprint density at radius 3 is 2.24 bits per heavy atom. The highest BCUT2D eigenvalue weighted by Gasteiger charge is 2.07. The number of hydrogen-bond acceptors (Lipinski definition) is 3. The van der Waals surface area contributed by atoms with Gasteiger partial charge in [0.15, 0.2) is 0 Å². The predicted molar refractivity (Wildman–Crippen MR) is 71.7 cm³/mol. The summed E-state index contributed by atoms with van der Waals surface area (Å²) in [6.45, 7) is 2.21. The highest BCUT2D eigenvalue weighted by Crippen LogP contribution is 2.12. The predicted octanol–water partition coefficient (Wildman–Crippen LogP) is 1.58. The van der Waals surface area contributed by atoms with Crippen LogP contribution < -0.4 is 9.62 Å². The second-order valence-electron chi connectivity index (χ2n) is 4.20. The van der Waals surface area contributed by atoms with Gasteiger partial charge in [-0.05, 0) is 24.1 Å². The summed E-state index contributed by atoms with van der Waals surface area (Å²) in [5.74, 6) is 0.183. The van der Waals surface area contributed by atoms with Crippen molar-refractivity contribution in [2.75, 3.05) is 24.7 Å². The zero-order chi connectivity index (χ0) is 12.9. The molecule has 5 heteroatoms. The van der Waals surface area contributed by atoms with Gasteiger partial charge < -0.3 is 4.90 Å². The van der Waals surface area contributed by atoms with Crippen LogP contribution in [0.1, 0.15) is 18.9 Å². The molecular formula is C12H20N2O2S. The van der Waals surface area contributed by atoms with E-state index in [9.17, 15) is 8.42 Å². The lowest BCUT2D eigenvalue weighted by Gasteiger charge is -2.12. The van der Waals surface area contributed by atoms with Gasteiger partial charge in [0.1, 0.15) is 0 Å². The number of nitrogens with zero attached hydrogens (tertiary/aromatic N) is 1. The third-order valence-corrected chi connectivity index (χ3v) is 3.95. The smallest absolute Gasteiger partial charge is 0.211 e. The Morgan fingerprint density at radius 1 is 1.18 bits per heavy atom.